The highest BCUT2D eigenvalue weighted by atomic mass is 16.4. The number of nitrogens with zero attached hydrogens (tertiary/aromatic N) is 1. The summed E-state index contributed by atoms with van der Waals surface area (Å²) >= 11 is 0. The fourth-order valence-corrected chi connectivity index (χ4v) is 3.82. The number of aryl methyl sites for hydroxylation is 1. The van der Waals surface area contributed by atoms with E-state index < -0.39 is 11.9 Å². The molecule has 0 aliphatic heterocycles. The first kappa shape index (κ1) is 12.7. The predicted molar refractivity (Wildman–Crippen MR) is 72.3 cm³/mol. The number of imidazole rings is 1. The maximum Gasteiger partial charge on any atom is 0.312 e. The Morgan fingerprint density at radius 3 is 2.79 bits per heavy atom. The Morgan fingerprint density at radius 1 is 1.42 bits per heavy atom. The molecule has 1 unspecified atom stereocenters. The van der Waals surface area contributed by atoms with Crippen LogP contribution in [0.15, 0.2) is 0 Å². The lowest BCUT2D eigenvalue weighted by molar-refractivity contribution is -0.139. The molecule has 2 aliphatic rings. The third-order valence-electron chi connectivity index (χ3n) is 5.10. The van der Waals surface area contributed by atoms with Gasteiger partial charge in [0, 0.05) is 11.1 Å². The van der Waals surface area contributed by atoms with Gasteiger partial charge in [0.2, 0.25) is 0 Å². The van der Waals surface area contributed by atoms with E-state index in [0.29, 0.717) is 0 Å². The molecule has 4 heteroatoms. The van der Waals surface area contributed by atoms with Crippen LogP contribution in [0.4, 0.5) is 0 Å². The molecule has 19 heavy (non-hydrogen) atoms. The molecule has 1 fully saturated rings. The van der Waals surface area contributed by atoms with E-state index in [2.05, 4.69) is 11.9 Å². The molecule has 0 amide bonds. The molecule has 1 aromatic rings. The Morgan fingerprint density at radius 2 is 2.16 bits per heavy atom. The molecule has 0 spiro atoms. The molecule has 1 atom stereocenters. The number of carboxylic acid groups (broad SMARTS) is 1. The zero-order valence-electron chi connectivity index (χ0n) is 11.5. The number of hydrogen-bond donors (Lipinski definition) is 2. The van der Waals surface area contributed by atoms with Crippen LogP contribution in [-0.2, 0) is 16.6 Å². The molecule has 1 heterocycles. The van der Waals surface area contributed by atoms with Crippen molar-refractivity contribution < 1.29 is 9.90 Å². The summed E-state index contributed by atoms with van der Waals surface area (Å²) in [6.07, 6.45) is 8.63. The van der Waals surface area contributed by atoms with E-state index in [-0.39, 0.29) is 5.41 Å². The van der Waals surface area contributed by atoms with Gasteiger partial charge in [-0.25, -0.2) is 4.98 Å². The molecule has 0 bridgehead atoms. The summed E-state index contributed by atoms with van der Waals surface area (Å²) in [6.45, 7) is 2.22. The van der Waals surface area contributed by atoms with Gasteiger partial charge in [0.15, 0.2) is 0 Å². The third-order valence-corrected chi connectivity index (χ3v) is 5.10. The van der Waals surface area contributed by atoms with Crippen molar-refractivity contribution in [3.63, 3.8) is 0 Å². The third kappa shape index (κ3) is 1.97. The van der Waals surface area contributed by atoms with Crippen molar-refractivity contribution in [2.24, 2.45) is 0 Å². The zero-order chi connectivity index (χ0) is 13.5. The van der Waals surface area contributed by atoms with Crippen LogP contribution in [0.25, 0.3) is 0 Å². The van der Waals surface area contributed by atoms with Crippen LogP contribution >= 0.6 is 0 Å². The van der Waals surface area contributed by atoms with Crippen molar-refractivity contribution in [1.82, 2.24) is 9.97 Å². The van der Waals surface area contributed by atoms with Crippen molar-refractivity contribution in [3.05, 3.63) is 17.2 Å². The average molecular weight is 262 g/mol. The number of H-pyrrole nitrogens is 1. The summed E-state index contributed by atoms with van der Waals surface area (Å²) in [5.74, 6) is -0.0642. The molecule has 2 aliphatic carbocycles. The Bertz CT molecular complexity index is 486. The second-order valence-corrected chi connectivity index (χ2v) is 6.07. The normalized spacial score (nSPS) is 25.2. The van der Waals surface area contributed by atoms with Crippen molar-refractivity contribution in [2.45, 2.75) is 69.6 Å². The Kier molecular flexibility index (Phi) is 3.11. The summed E-state index contributed by atoms with van der Waals surface area (Å²) in [7, 11) is 0. The second-order valence-electron chi connectivity index (χ2n) is 6.07. The first-order chi connectivity index (χ1) is 9.16. The van der Waals surface area contributed by atoms with E-state index in [9.17, 15) is 9.90 Å². The number of nitrogens with one attached hydrogen (secondary N) is 1. The van der Waals surface area contributed by atoms with Crippen molar-refractivity contribution in [1.29, 1.82) is 0 Å². The lowest BCUT2D eigenvalue weighted by Gasteiger charge is -2.24. The highest BCUT2D eigenvalue weighted by molar-refractivity contribution is 5.76. The maximum atomic E-state index is 11.3. The van der Waals surface area contributed by atoms with Gasteiger partial charge in [-0.3, -0.25) is 4.79 Å². The van der Waals surface area contributed by atoms with Gasteiger partial charge in [-0.2, -0.15) is 0 Å². The van der Waals surface area contributed by atoms with E-state index >= 15 is 0 Å². The number of aromatic amines is 1. The van der Waals surface area contributed by atoms with Gasteiger partial charge in [-0.1, -0.05) is 19.8 Å². The predicted octanol–water partition coefficient (Wildman–Crippen LogP) is 3.14. The van der Waals surface area contributed by atoms with E-state index in [4.69, 9.17) is 4.98 Å². The van der Waals surface area contributed by atoms with E-state index in [1.807, 2.05) is 0 Å². The number of carboxylic acids is 1. The van der Waals surface area contributed by atoms with Crippen LogP contribution < -0.4 is 0 Å². The number of aromatic nitrogens is 2. The van der Waals surface area contributed by atoms with Crippen LogP contribution in [-0.4, -0.2) is 21.0 Å². The molecular weight excluding hydrogens is 240 g/mol. The molecule has 2 N–H and O–H groups in total. The first-order valence-electron chi connectivity index (χ1n) is 7.48. The Labute approximate surface area is 113 Å². The van der Waals surface area contributed by atoms with Crippen LogP contribution in [0.3, 0.4) is 0 Å². The average Bonchev–Trinajstić information content (AvgIpc) is 3.05. The van der Waals surface area contributed by atoms with Crippen molar-refractivity contribution in [3.8, 4) is 0 Å². The quantitative estimate of drug-likeness (QED) is 0.879. The number of fused-ring (bicyclic) bond motifs is 1. The monoisotopic (exact) mass is 262 g/mol. The Balaban J connectivity index is 1.99. The lowest BCUT2D eigenvalue weighted by atomic mass is 9.82. The summed E-state index contributed by atoms with van der Waals surface area (Å²) in [5.41, 5.74) is 2.07. The minimum atomic E-state index is -0.726. The van der Waals surface area contributed by atoms with Crippen molar-refractivity contribution >= 4 is 5.97 Å². The van der Waals surface area contributed by atoms with Crippen LogP contribution in [0.1, 0.15) is 75.0 Å². The van der Waals surface area contributed by atoms with Gasteiger partial charge < -0.3 is 10.1 Å². The summed E-state index contributed by atoms with van der Waals surface area (Å²) in [5, 5.41) is 9.33. The zero-order valence-corrected chi connectivity index (χ0v) is 11.5. The molecule has 1 saturated carbocycles. The van der Waals surface area contributed by atoms with Crippen LogP contribution in [0, 0.1) is 0 Å². The molecule has 4 nitrogen and oxygen atoms in total. The van der Waals surface area contributed by atoms with Gasteiger partial charge in [-0.05, 0) is 38.5 Å². The number of rotatable bonds is 3. The lowest BCUT2D eigenvalue weighted by Crippen LogP contribution is -2.22. The highest BCUT2D eigenvalue weighted by Crippen LogP contribution is 2.43. The fraction of sp³-hybridized carbons (Fsp3) is 0.733. The van der Waals surface area contributed by atoms with Gasteiger partial charge >= 0.3 is 5.97 Å². The van der Waals surface area contributed by atoms with Crippen molar-refractivity contribution in [2.75, 3.05) is 0 Å². The van der Waals surface area contributed by atoms with Crippen LogP contribution in [0.2, 0.25) is 0 Å². The molecule has 0 radical (unpaired) electrons. The number of carbonyl (C=O) groups is 1. The minimum absolute atomic E-state index is 0.181. The van der Waals surface area contributed by atoms with Gasteiger partial charge in [0.05, 0.1) is 5.69 Å². The van der Waals surface area contributed by atoms with E-state index in [1.165, 1.54) is 25.7 Å². The summed E-state index contributed by atoms with van der Waals surface area (Å²) in [6, 6.07) is 0. The van der Waals surface area contributed by atoms with E-state index in [1.54, 1.807) is 0 Å². The second kappa shape index (κ2) is 4.66. The number of aliphatic carboxylic acids is 1. The fourth-order valence-electron chi connectivity index (χ4n) is 3.82. The Hall–Kier alpha value is -1.32. The smallest absolute Gasteiger partial charge is 0.312 e. The summed E-state index contributed by atoms with van der Waals surface area (Å²) in [4.78, 5) is 19.6. The highest BCUT2D eigenvalue weighted by Gasteiger charge is 2.39. The van der Waals surface area contributed by atoms with Gasteiger partial charge in [0.1, 0.15) is 11.7 Å². The van der Waals surface area contributed by atoms with Crippen LogP contribution in [0.5, 0.6) is 0 Å². The van der Waals surface area contributed by atoms with Gasteiger partial charge in [0.25, 0.3) is 0 Å². The largest absolute Gasteiger partial charge is 0.481 e. The number of hydrogen-bond acceptors (Lipinski definition) is 2. The maximum absolute atomic E-state index is 11.3. The molecule has 0 aromatic carbocycles. The summed E-state index contributed by atoms with van der Waals surface area (Å²) < 4.78 is 0. The topological polar surface area (TPSA) is 66.0 Å². The molecule has 3 rings (SSSR count). The molecule has 104 valence electrons. The SMILES string of the molecule is CCC1(c2nc3c([nH]2)CCCC3C(=O)O)CCCC1. The minimum Gasteiger partial charge on any atom is -0.481 e. The van der Waals surface area contributed by atoms with Gasteiger partial charge in [-0.15, -0.1) is 0 Å². The molecule has 1 aromatic heterocycles. The molecular formula is C15H22N2O2. The first-order valence-corrected chi connectivity index (χ1v) is 7.48. The standard InChI is InChI=1S/C15H22N2O2/c1-2-15(8-3-4-9-15)14-16-11-7-5-6-10(13(18)19)12(11)17-14/h10H,2-9H2,1H3,(H,16,17)(H,18,19). The van der Waals surface area contributed by atoms with E-state index in [0.717, 1.165) is 42.9 Å². The molecule has 0 saturated heterocycles.